The van der Waals surface area contributed by atoms with Crippen LogP contribution in [0.25, 0.3) is 0 Å². The van der Waals surface area contributed by atoms with Crippen LogP contribution in [0.5, 0.6) is 0 Å². The molecule has 1 aromatic heterocycles. The van der Waals surface area contributed by atoms with E-state index < -0.39 is 0 Å². The van der Waals surface area contributed by atoms with Crippen LogP contribution in [0, 0.1) is 12.8 Å². The Hall–Kier alpha value is -0.910. The second-order valence-electron chi connectivity index (χ2n) is 5.91. The van der Waals surface area contributed by atoms with Crippen molar-refractivity contribution in [1.29, 1.82) is 0 Å². The molecule has 1 aromatic rings. The quantitative estimate of drug-likeness (QED) is 0.877. The van der Waals surface area contributed by atoms with Gasteiger partial charge in [0.25, 0.3) is 0 Å². The third-order valence-electron chi connectivity index (χ3n) is 4.59. The summed E-state index contributed by atoms with van der Waals surface area (Å²) < 4.78 is 0. The van der Waals surface area contributed by atoms with Gasteiger partial charge in [0.1, 0.15) is 0 Å². The van der Waals surface area contributed by atoms with Gasteiger partial charge in [0.2, 0.25) is 5.91 Å². The highest BCUT2D eigenvalue weighted by Crippen LogP contribution is 2.34. The summed E-state index contributed by atoms with van der Waals surface area (Å²) in [5, 5.41) is 4.92. The second kappa shape index (κ2) is 7.38. The third kappa shape index (κ3) is 3.65. The maximum absolute atomic E-state index is 11.8. The van der Waals surface area contributed by atoms with Crippen LogP contribution < -0.4 is 11.1 Å². The minimum Gasteiger partial charge on any atom is -0.359 e. The zero-order chi connectivity index (χ0) is 15.4. The topological polar surface area (TPSA) is 58.4 Å². The average Bonchev–Trinajstić information content (AvgIpc) is 2.93. The van der Waals surface area contributed by atoms with Gasteiger partial charge in [-0.2, -0.15) is 0 Å². The number of nitrogens with zero attached hydrogens (tertiary/aromatic N) is 1. The van der Waals surface area contributed by atoms with Crippen molar-refractivity contribution in [3.8, 4) is 0 Å². The Balaban J connectivity index is 2.10. The molecule has 1 saturated heterocycles. The molecule has 2 unspecified atom stereocenters. The minimum atomic E-state index is 0.152. The van der Waals surface area contributed by atoms with Crippen molar-refractivity contribution in [2.24, 2.45) is 11.7 Å². The molecule has 1 aliphatic heterocycles. The molecule has 1 amide bonds. The van der Waals surface area contributed by atoms with Gasteiger partial charge in [0, 0.05) is 23.9 Å². The number of nitrogens with two attached hydrogens (primary N) is 1. The summed E-state index contributed by atoms with van der Waals surface area (Å²) in [5.41, 5.74) is 7.75. The molecule has 0 saturated carbocycles. The van der Waals surface area contributed by atoms with E-state index in [0.717, 1.165) is 32.4 Å². The maximum Gasteiger partial charge on any atom is 0.222 e. The summed E-state index contributed by atoms with van der Waals surface area (Å²) in [6.07, 6.45) is 2.82. The predicted molar refractivity (Wildman–Crippen MR) is 88.4 cm³/mol. The van der Waals surface area contributed by atoms with E-state index in [2.05, 4.69) is 35.5 Å². The first kappa shape index (κ1) is 16.5. The smallest absolute Gasteiger partial charge is 0.222 e. The van der Waals surface area contributed by atoms with Crippen LogP contribution in [0.3, 0.4) is 0 Å². The fraction of sp³-hybridized carbons (Fsp3) is 0.688. The molecule has 2 heterocycles. The number of rotatable bonds is 5. The molecule has 0 aromatic carbocycles. The normalized spacial score (nSPS) is 20.2. The van der Waals surface area contributed by atoms with E-state index in [9.17, 15) is 4.79 Å². The van der Waals surface area contributed by atoms with E-state index in [1.54, 1.807) is 18.4 Å². The zero-order valence-electron chi connectivity index (χ0n) is 13.3. The van der Waals surface area contributed by atoms with Crippen LogP contribution in [0.2, 0.25) is 0 Å². The van der Waals surface area contributed by atoms with Gasteiger partial charge in [-0.3, -0.25) is 9.69 Å². The van der Waals surface area contributed by atoms with E-state index in [1.165, 1.54) is 10.4 Å². The summed E-state index contributed by atoms with van der Waals surface area (Å²) in [5.74, 6) is 0.340. The van der Waals surface area contributed by atoms with Crippen molar-refractivity contribution >= 4 is 17.2 Å². The molecule has 1 aliphatic rings. The minimum absolute atomic E-state index is 0.152. The molecular weight excluding hydrogens is 282 g/mol. The number of likely N-dealkylation sites (tertiary alicyclic amines) is 1. The summed E-state index contributed by atoms with van der Waals surface area (Å²) in [6, 6.07) is 2.62. The second-order valence-corrected chi connectivity index (χ2v) is 6.86. The van der Waals surface area contributed by atoms with Crippen LogP contribution in [0.15, 0.2) is 11.4 Å². The van der Waals surface area contributed by atoms with Crippen molar-refractivity contribution < 1.29 is 4.79 Å². The van der Waals surface area contributed by atoms with Crippen molar-refractivity contribution in [1.82, 2.24) is 10.2 Å². The standard InChI is InChI=1S/C16H27N3OS/c1-4-13(17)14(15-11(2)7-10-21-15)19-8-5-12(6-9-19)16(20)18-3/h7,10,12-14H,4-6,8-9,17H2,1-3H3,(H,18,20). The van der Waals surface area contributed by atoms with Gasteiger partial charge in [-0.1, -0.05) is 6.92 Å². The van der Waals surface area contributed by atoms with E-state index in [0.29, 0.717) is 6.04 Å². The molecule has 0 spiro atoms. The predicted octanol–water partition coefficient (Wildman–Crippen LogP) is 2.29. The van der Waals surface area contributed by atoms with Crippen LogP contribution in [-0.4, -0.2) is 37.0 Å². The molecule has 0 bridgehead atoms. The number of hydrogen-bond donors (Lipinski definition) is 2. The van der Waals surface area contributed by atoms with Gasteiger partial charge >= 0.3 is 0 Å². The number of carbonyl (C=O) groups is 1. The molecule has 5 heteroatoms. The lowest BCUT2D eigenvalue weighted by atomic mass is 9.92. The lowest BCUT2D eigenvalue weighted by Gasteiger charge is -2.39. The third-order valence-corrected chi connectivity index (χ3v) is 5.68. The van der Waals surface area contributed by atoms with E-state index in [4.69, 9.17) is 5.73 Å². The molecular formula is C16H27N3OS. The number of thiophene rings is 1. The van der Waals surface area contributed by atoms with Crippen LogP contribution in [-0.2, 0) is 4.79 Å². The number of piperidine rings is 1. The summed E-state index contributed by atoms with van der Waals surface area (Å²) in [6.45, 7) is 6.22. The first-order valence-electron chi connectivity index (χ1n) is 7.83. The van der Waals surface area contributed by atoms with Gasteiger partial charge in [0.15, 0.2) is 0 Å². The Bertz CT molecular complexity index is 466. The van der Waals surface area contributed by atoms with E-state index in [-0.39, 0.29) is 17.9 Å². The van der Waals surface area contributed by atoms with Crippen molar-refractivity contribution in [2.75, 3.05) is 20.1 Å². The number of amides is 1. The SMILES string of the molecule is CCC(N)C(c1sccc1C)N1CCC(C(=O)NC)CC1. The van der Waals surface area contributed by atoms with Crippen LogP contribution in [0.4, 0.5) is 0 Å². The number of aryl methyl sites for hydroxylation is 1. The summed E-state index contributed by atoms with van der Waals surface area (Å²) in [7, 11) is 1.72. The average molecular weight is 309 g/mol. The largest absolute Gasteiger partial charge is 0.359 e. The maximum atomic E-state index is 11.8. The van der Waals surface area contributed by atoms with E-state index in [1.807, 2.05) is 0 Å². The highest BCUT2D eigenvalue weighted by Gasteiger charge is 2.32. The van der Waals surface area contributed by atoms with Gasteiger partial charge in [-0.05, 0) is 56.3 Å². The molecule has 2 atom stereocenters. The summed E-state index contributed by atoms with van der Waals surface area (Å²) >= 11 is 1.81. The van der Waals surface area contributed by atoms with Gasteiger partial charge in [-0.15, -0.1) is 11.3 Å². The molecule has 3 N–H and O–H groups in total. The summed E-state index contributed by atoms with van der Waals surface area (Å²) in [4.78, 5) is 15.6. The number of nitrogens with one attached hydrogen (secondary N) is 1. The molecule has 4 nitrogen and oxygen atoms in total. The Morgan fingerprint density at radius 3 is 2.67 bits per heavy atom. The molecule has 21 heavy (non-hydrogen) atoms. The van der Waals surface area contributed by atoms with Crippen LogP contribution >= 0.6 is 11.3 Å². The highest BCUT2D eigenvalue weighted by molar-refractivity contribution is 7.10. The number of carbonyl (C=O) groups excluding carboxylic acids is 1. The van der Waals surface area contributed by atoms with Crippen molar-refractivity contribution in [3.05, 3.63) is 21.9 Å². The van der Waals surface area contributed by atoms with Gasteiger partial charge < -0.3 is 11.1 Å². The lowest BCUT2D eigenvalue weighted by Crippen LogP contribution is -2.46. The lowest BCUT2D eigenvalue weighted by molar-refractivity contribution is -0.126. The molecule has 2 rings (SSSR count). The Kier molecular flexibility index (Phi) is 5.79. The van der Waals surface area contributed by atoms with E-state index >= 15 is 0 Å². The fourth-order valence-corrected chi connectivity index (χ4v) is 4.32. The monoisotopic (exact) mass is 309 g/mol. The molecule has 0 aliphatic carbocycles. The Labute approximate surface area is 131 Å². The zero-order valence-corrected chi connectivity index (χ0v) is 14.1. The van der Waals surface area contributed by atoms with Gasteiger partial charge in [-0.25, -0.2) is 0 Å². The Morgan fingerprint density at radius 1 is 1.52 bits per heavy atom. The molecule has 0 radical (unpaired) electrons. The Morgan fingerprint density at radius 2 is 2.19 bits per heavy atom. The van der Waals surface area contributed by atoms with Crippen LogP contribution in [0.1, 0.15) is 42.7 Å². The molecule has 118 valence electrons. The highest BCUT2D eigenvalue weighted by atomic mass is 32.1. The van der Waals surface area contributed by atoms with Gasteiger partial charge in [0.05, 0.1) is 6.04 Å². The van der Waals surface area contributed by atoms with Crippen molar-refractivity contribution in [3.63, 3.8) is 0 Å². The fourth-order valence-electron chi connectivity index (χ4n) is 3.19. The molecule has 1 fully saturated rings. The first-order valence-corrected chi connectivity index (χ1v) is 8.71. The number of hydrogen-bond acceptors (Lipinski definition) is 4. The first-order chi connectivity index (χ1) is 10.1. The van der Waals surface area contributed by atoms with Crippen molar-refractivity contribution in [2.45, 2.75) is 45.2 Å².